The number of primary amides is 1. The molecule has 0 rings (SSSR count). The topological polar surface area (TPSA) is 116 Å². The van der Waals surface area contributed by atoms with Gasteiger partial charge >= 0.3 is 12.1 Å². The zero-order valence-electron chi connectivity index (χ0n) is 7.48. The normalized spacial score (nSPS) is 14.5. The molecule has 0 saturated carbocycles. The lowest BCUT2D eigenvalue weighted by atomic mass is 10.1. The Morgan fingerprint density at radius 1 is 1.50 bits per heavy atom. The number of nitrogens with two attached hydrogens (primary N) is 2. The van der Waals surface area contributed by atoms with E-state index in [9.17, 15) is 14.0 Å². The van der Waals surface area contributed by atoms with Gasteiger partial charge in [-0.3, -0.25) is 4.79 Å². The number of aliphatic hydroxyl groups is 1. The number of alkyl halides is 1. The van der Waals surface area contributed by atoms with E-state index in [4.69, 9.17) is 10.8 Å². The lowest BCUT2D eigenvalue weighted by Gasteiger charge is -2.14. The van der Waals surface area contributed by atoms with Crippen molar-refractivity contribution in [2.75, 3.05) is 6.67 Å². The average molecular weight is 208 g/mol. The Balaban J connectivity index is 3.71. The van der Waals surface area contributed by atoms with Gasteiger partial charge in [-0.2, -0.15) is 0 Å². The predicted octanol–water partition coefficient (Wildman–Crippen LogP) is -0.954. The zero-order valence-corrected chi connectivity index (χ0v) is 7.48. The van der Waals surface area contributed by atoms with E-state index in [1.807, 2.05) is 0 Å². The highest BCUT2D eigenvalue weighted by Crippen LogP contribution is 2.02. The molecule has 2 unspecified atom stereocenters. The molecule has 0 heterocycles. The van der Waals surface area contributed by atoms with Gasteiger partial charge in [-0.05, 0) is 6.42 Å². The Morgan fingerprint density at radius 3 is 2.50 bits per heavy atom. The van der Waals surface area contributed by atoms with Gasteiger partial charge in [0, 0.05) is 12.5 Å². The van der Waals surface area contributed by atoms with Gasteiger partial charge < -0.3 is 21.3 Å². The zero-order chi connectivity index (χ0) is 11.1. The van der Waals surface area contributed by atoms with E-state index in [1.165, 1.54) is 0 Å². The van der Waals surface area contributed by atoms with Crippen molar-refractivity contribution >= 4 is 12.1 Å². The molecule has 2 atom stereocenters. The van der Waals surface area contributed by atoms with Gasteiger partial charge in [0.05, 0.1) is 6.10 Å². The first-order valence-electron chi connectivity index (χ1n) is 3.97. The minimum Gasteiger partial charge on any atom is -0.389 e. The molecule has 0 aromatic carbocycles. The molecule has 0 spiro atoms. The SMILES string of the molecule is NC(=O)OC(=O)CCC(N)C(O)CF. The number of carbonyl (C=O) groups is 2. The van der Waals surface area contributed by atoms with Crippen LogP contribution in [0.1, 0.15) is 12.8 Å². The van der Waals surface area contributed by atoms with Gasteiger partial charge in [0.2, 0.25) is 0 Å². The second-order valence-electron chi connectivity index (χ2n) is 2.72. The molecule has 0 radical (unpaired) electrons. The van der Waals surface area contributed by atoms with Gasteiger partial charge in [0.1, 0.15) is 6.67 Å². The first-order chi connectivity index (χ1) is 6.47. The predicted molar refractivity (Wildman–Crippen MR) is 44.9 cm³/mol. The maximum atomic E-state index is 11.9. The van der Waals surface area contributed by atoms with E-state index in [0.29, 0.717) is 0 Å². The molecule has 0 aliphatic heterocycles. The summed E-state index contributed by atoms with van der Waals surface area (Å²) >= 11 is 0. The highest BCUT2D eigenvalue weighted by molar-refractivity contribution is 5.83. The van der Waals surface area contributed by atoms with Crippen LogP contribution in [0.4, 0.5) is 9.18 Å². The second-order valence-corrected chi connectivity index (χ2v) is 2.72. The molecule has 0 fully saturated rings. The first kappa shape index (κ1) is 12.8. The first-order valence-corrected chi connectivity index (χ1v) is 3.97. The molecule has 5 N–H and O–H groups in total. The summed E-state index contributed by atoms with van der Waals surface area (Å²) in [4.78, 5) is 20.8. The van der Waals surface area contributed by atoms with E-state index in [2.05, 4.69) is 10.5 Å². The van der Waals surface area contributed by atoms with Crippen LogP contribution in [0.25, 0.3) is 0 Å². The smallest absolute Gasteiger partial charge is 0.389 e. The monoisotopic (exact) mass is 208 g/mol. The van der Waals surface area contributed by atoms with Crippen LogP contribution >= 0.6 is 0 Å². The van der Waals surface area contributed by atoms with Crippen LogP contribution in [-0.2, 0) is 9.53 Å². The maximum Gasteiger partial charge on any atom is 0.412 e. The second kappa shape index (κ2) is 6.28. The van der Waals surface area contributed by atoms with Crippen LogP contribution in [0.5, 0.6) is 0 Å². The van der Waals surface area contributed by atoms with Crippen LogP contribution in [-0.4, -0.2) is 36.0 Å². The van der Waals surface area contributed by atoms with Gasteiger partial charge in [-0.1, -0.05) is 0 Å². The summed E-state index contributed by atoms with van der Waals surface area (Å²) in [7, 11) is 0. The molecule has 0 aliphatic rings. The number of ether oxygens (including phenoxy) is 1. The summed E-state index contributed by atoms with van der Waals surface area (Å²) in [6.07, 6.45) is -2.68. The summed E-state index contributed by atoms with van der Waals surface area (Å²) in [5.74, 6) is -0.848. The van der Waals surface area contributed by atoms with Crippen molar-refractivity contribution in [2.24, 2.45) is 11.5 Å². The third-order valence-corrected chi connectivity index (χ3v) is 1.55. The number of carbonyl (C=O) groups excluding carboxylic acids is 2. The summed E-state index contributed by atoms with van der Waals surface area (Å²) in [5.41, 5.74) is 9.86. The molecular weight excluding hydrogens is 195 g/mol. The van der Waals surface area contributed by atoms with Gasteiger partial charge in [0.15, 0.2) is 0 Å². The minimum absolute atomic E-state index is 0.0250. The Labute approximate surface area is 80.0 Å². The fourth-order valence-corrected chi connectivity index (χ4v) is 0.755. The highest BCUT2D eigenvalue weighted by atomic mass is 19.1. The van der Waals surface area contributed by atoms with Crippen molar-refractivity contribution in [1.82, 2.24) is 0 Å². The molecule has 14 heavy (non-hydrogen) atoms. The number of hydrogen-bond donors (Lipinski definition) is 3. The van der Waals surface area contributed by atoms with Crippen LogP contribution in [0.2, 0.25) is 0 Å². The quantitative estimate of drug-likeness (QED) is 0.397. The molecule has 1 amide bonds. The third-order valence-electron chi connectivity index (χ3n) is 1.55. The summed E-state index contributed by atoms with van der Waals surface area (Å²) in [6, 6.07) is -0.861. The van der Waals surface area contributed by atoms with Crippen molar-refractivity contribution in [3.63, 3.8) is 0 Å². The van der Waals surface area contributed by atoms with E-state index < -0.39 is 30.9 Å². The lowest BCUT2D eigenvalue weighted by molar-refractivity contribution is -0.137. The summed E-state index contributed by atoms with van der Waals surface area (Å²) in [6.45, 7) is -0.980. The van der Waals surface area contributed by atoms with Crippen molar-refractivity contribution < 1.29 is 23.8 Å². The van der Waals surface area contributed by atoms with Crippen LogP contribution < -0.4 is 11.5 Å². The number of amides is 1. The molecule has 0 saturated heterocycles. The Hall–Kier alpha value is -1.21. The number of aliphatic hydroxyl groups excluding tert-OH is 1. The van der Waals surface area contributed by atoms with Crippen LogP contribution in [0, 0.1) is 0 Å². The summed E-state index contributed by atoms with van der Waals surface area (Å²) < 4.78 is 15.8. The lowest BCUT2D eigenvalue weighted by Crippen LogP contribution is -2.36. The Morgan fingerprint density at radius 2 is 2.07 bits per heavy atom. The molecule has 0 aromatic rings. The highest BCUT2D eigenvalue weighted by Gasteiger charge is 2.16. The van der Waals surface area contributed by atoms with E-state index in [-0.39, 0.29) is 12.8 Å². The maximum absolute atomic E-state index is 11.9. The van der Waals surface area contributed by atoms with Crippen molar-refractivity contribution in [1.29, 1.82) is 0 Å². The fourth-order valence-electron chi connectivity index (χ4n) is 0.755. The Bertz CT molecular complexity index is 212. The van der Waals surface area contributed by atoms with Gasteiger partial charge in [-0.25, -0.2) is 9.18 Å². The van der Waals surface area contributed by atoms with Crippen molar-refractivity contribution in [3.8, 4) is 0 Å². The fraction of sp³-hybridized carbons (Fsp3) is 0.714. The third kappa shape index (κ3) is 5.44. The van der Waals surface area contributed by atoms with Crippen molar-refractivity contribution in [3.05, 3.63) is 0 Å². The van der Waals surface area contributed by atoms with E-state index in [1.54, 1.807) is 0 Å². The van der Waals surface area contributed by atoms with Gasteiger partial charge in [0.25, 0.3) is 0 Å². The number of halogens is 1. The van der Waals surface area contributed by atoms with E-state index >= 15 is 0 Å². The molecule has 0 aromatic heterocycles. The molecular formula is C7H13FN2O4. The van der Waals surface area contributed by atoms with Crippen LogP contribution in [0.15, 0.2) is 0 Å². The van der Waals surface area contributed by atoms with Crippen LogP contribution in [0.3, 0.4) is 0 Å². The molecule has 0 bridgehead atoms. The number of hydrogen-bond acceptors (Lipinski definition) is 5. The number of rotatable bonds is 5. The number of esters is 1. The molecule has 6 nitrogen and oxygen atoms in total. The summed E-state index contributed by atoms with van der Waals surface area (Å²) in [5, 5.41) is 8.88. The minimum atomic E-state index is -1.31. The Kier molecular flexibility index (Phi) is 5.73. The molecule has 7 heteroatoms. The average Bonchev–Trinajstić information content (AvgIpc) is 2.11. The standard InChI is InChI=1S/C7H13FN2O4/c8-3-5(11)4(9)1-2-6(12)14-7(10)13/h4-5,11H,1-3,9H2,(H2,10,13). The van der Waals surface area contributed by atoms with Gasteiger partial charge in [-0.15, -0.1) is 0 Å². The van der Waals surface area contributed by atoms with E-state index in [0.717, 1.165) is 0 Å². The van der Waals surface area contributed by atoms with Crippen molar-refractivity contribution in [2.45, 2.75) is 25.0 Å². The molecule has 0 aliphatic carbocycles. The molecule has 82 valence electrons. The largest absolute Gasteiger partial charge is 0.412 e.